The maximum atomic E-state index is 5.51. The molecule has 0 aromatic carbocycles. The van der Waals surface area contributed by atoms with Crippen molar-refractivity contribution in [1.82, 2.24) is 9.97 Å². The lowest BCUT2D eigenvalue weighted by atomic mass is 9.95. The highest BCUT2D eigenvalue weighted by Gasteiger charge is 2.21. The molecule has 3 N–H and O–H groups in total. The molecule has 0 saturated carbocycles. The Hall–Kier alpha value is -1.36. The SMILES string of the molecule is CCN(C)c1nc(C(C)(C)C)nc(NN)c1C. The average Bonchev–Trinajstić information content (AvgIpc) is 2.26. The molecule has 0 spiro atoms. The third-order valence-electron chi connectivity index (χ3n) is 2.76. The summed E-state index contributed by atoms with van der Waals surface area (Å²) in [5.41, 5.74) is 3.53. The minimum Gasteiger partial charge on any atom is -0.360 e. The Kier molecular flexibility index (Phi) is 3.93. The summed E-state index contributed by atoms with van der Waals surface area (Å²) >= 11 is 0. The number of anilines is 2. The monoisotopic (exact) mass is 237 g/mol. The van der Waals surface area contributed by atoms with Gasteiger partial charge in [-0.3, -0.25) is 0 Å². The number of nitrogens with one attached hydrogen (secondary N) is 1. The van der Waals surface area contributed by atoms with E-state index in [2.05, 4.69) is 48.0 Å². The van der Waals surface area contributed by atoms with Gasteiger partial charge in [-0.1, -0.05) is 20.8 Å². The molecule has 0 fully saturated rings. The first-order chi connectivity index (χ1) is 7.81. The van der Waals surface area contributed by atoms with E-state index < -0.39 is 0 Å². The first-order valence-corrected chi connectivity index (χ1v) is 5.88. The number of aromatic nitrogens is 2. The predicted octanol–water partition coefficient (Wildman–Crippen LogP) is 1.82. The molecular formula is C12H23N5. The van der Waals surface area contributed by atoms with Gasteiger partial charge in [0.15, 0.2) is 0 Å². The molecule has 1 aromatic rings. The van der Waals surface area contributed by atoms with Crippen LogP contribution in [0.5, 0.6) is 0 Å². The maximum Gasteiger partial charge on any atom is 0.148 e. The highest BCUT2D eigenvalue weighted by molar-refractivity contribution is 5.58. The quantitative estimate of drug-likeness (QED) is 0.620. The van der Waals surface area contributed by atoms with E-state index in [4.69, 9.17) is 5.84 Å². The fraction of sp³-hybridized carbons (Fsp3) is 0.667. The van der Waals surface area contributed by atoms with Gasteiger partial charge in [0.05, 0.1) is 0 Å². The number of hydrogen-bond donors (Lipinski definition) is 2. The molecular weight excluding hydrogens is 214 g/mol. The van der Waals surface area contributed by atoms with Crippen LogP contribution in [0, 0.1) is 6.92 Å². The van der Waals surface area contributed by atoms with Crippen molar-refractivity contribution < 1.29 is 0 Å². The van der Waals surface area contributed by atoms with Gasteiger partial charge >= 0.3 is 0 Å². The van der Waals surface area contributed by atoms with E-state index in [9.17, 15) is 0 Å². The molecule has 17 heavy (non-hydrogen) atoms. The third kappa shape index (κ3) is 2.85. The van der Waals surface area contributed by atoms with Crippen LogP contribution >= 0.6 is 0 Å². The fourth-order valence-electron chi connectivity index (χ4n) is 1.50. The van der Waals surface area contributed by atoms with E-state index in [1.807, 2.05) is 14.0 Å². The summed E-state index contributed by atoms with van der Waals surface area (Å²) in [6, 6.07) is 0. The first-order valence-electron chi connectivity index (χ1n) is 5.88. The van der Waals surface area contributed by atoms with Gasteiger partial charge in [0.1, 0.15) is 17.5 Å². The number of nitrogens with zero attached hydrogens (tertiary/aromatic N) is 3. The van der Waals surface area contributed by atoms with Crippen molar-refractivity contribution in [2.45, 2.75) is 40.0 Å². The number of nitrogens with two attached hydrogens (primary N) is 1. The van der Waals surface area contributed by atoms with E-state index >= 15 is 0 Å². The zero-order chi connectivity index (χ0) is 13.2. The summed E-state index contributed by atoms with van der Waals surface area (Å²) in [5, 5.41) is 0. The Labute approximate surface area is 103 Å². The molecule has 0 aliphatic heterocycles. The minimum atomic E-state index is -0.0946. The summed E-state index contributed by atoms with van der Waals surface area (Å²) in [7, 11) is 2.02. The van der Waals surface area contributed by atoms with E-state index in [0.29, 0.717) is 5.82 Å². The maximum absolute atomic E-state index is 5.51. The zero-order valence-electron chi connectivity index (χ0n) is 11.6. The molecule has 0 radical (unpaired) electrons. The predicted molar refractivity (Wildman–Crippen MR) is 72.2 cm³/mol. The van der Waals surface area contributed by atoms with Crippen LogP contribution in [0.1, 0.15) is 39.1 Å². The lowest BCUT2D eigenvalue weighted by Crippen LogP contribution is -2.25. The van der Waals surface area contributed by atoms with Crippen molar-refractivity contribution >= 4 is 11.6 Å². The third-order valence-corrected chi connectivity index (χ3v) is 2.76. The van der Waals surface area contributed by atoms with Crippen LogP contribution in [0.3, 0.4) is 0 Å². The van der Waals surface area contributed by atoms with E-state index in [1.165, 1.54) is 0 Å². The van der Waals surface area contributed by atoms with Gasteiger partial charge < -0.3 is 10.3 Å². The van der Waals surface area contributed by atoms with Crippen molar-refractivity contribution in [1.29, 1.82) is 0 Å². The summed E-state index contributed by atoms with van der Waals surface area (Å²) in [6.45, 7) is 11.2. The molecule has 1 heterocycles. The average molecular weight is 237 g/mol. The molecule has 96 valence electrons. The summed E-state index contributed by atoms with van der Waals surface area (Å²) in [4.78, 5) is 11.2. The Morgan fingerprint density at radius 3 is 2.29 bits per heavy atom. The minimum absolute atomic E-state index is 0.0946. The second kappa shape index (κ2) is 4.87. The molecule has 1 rings (SSSR count). The molecule has 5 heteroatoms. The Morgan fingerprint density at radius 1 is 1.29 bits per heavy atom. The van der Waals surface area contributed by atoms with Crippen LogP contribution in [0.15, 0.2) is 0 Å². The van der Waals surface area contributed by atoms with Gasteiger partial charge in [0.2, 0.25) is 0 Å². The van der Waals surface area contributed by atoms with Crippen LogP contribution in [0.25, 0.3) is 0 Å². The summed E-state index contributed by atoms with van der Waals surface area (Å²) < 4.78 is 0. The van der Waals surface area contributed by atoms with Crippen molar-refractivity contribution in [2.24, 2.45) is 5.84 Å². The van der Waals surface area contributed by atoms with Gasteiger partial charge in [-0.25, -0.2) is 15.8 Å². The van der Waals surface area contributed by atoms with Gasteiger partial charge in [-0.15, -0.1) is 0 Å². The molecule has 0 unspecified atom stereocenters. The van der Waals surface area contributed by atoms with Crippen molar-refractivity contribution in [3.05, 3.63) is 11.4 Å². The Morgan fingerprint density at radius 2 is 1.88 bits per heavy atom. The molecule has 0 saturated heterocycles. The van der Waals surface area contributed by atoms with Crippen molar-refractivity contribution in [2.75, 3.05) is 23.9 Å². The first kappa shape index (κ1) is 13.7. The van der Waals surface area contributed by atoms with Gasteiger partial charge in [-0.05, 0) is 13.8 Å². The molecule has 0 amide bonds. The highest BCUT2D eigenvalue weighted by Crippen LogP contribution is 2.27. The normalized spacial score (nSPS) is 11.5. The molecule has 5 nitrogen and oxygen atoms in total. The summed E-state index contributed by atoms with van der Waals surface area (Å²) in [6.07, 6.45) is 0. The molecule has 0 bridgehead atoms. The molecule has 0 atom stereocenters. The van der Waals surface area contributed by atoms with E-state index in [1.54, 1.807) is 0 Å². The topological polar surface area (TPSA) is 67.1 Å². The molecule has 1 aromatic heterocycles. The van der Waals surface area contributed by atoms with Crippen molar-refractivity contribution in [3.63, 3.8) is 0 Å². The van der Waals surface area contributed by atoms with Crippen molar-refractivity contribution in [3.8, 4) is 0 Å². The number of nitrogen functional groups attached to an aromatic ring is 1. The lowest BCUT2D eigenvalue weighted by Gasteiger charge is -2.24. The highest BCUT2D eigenvalue weighted by atomic mass is 15.3. The number of hydrazine groups is 1. The lowest BCUT2D eigenvalue weighted by molar-refractivity contribution is 0.544. The van der Waals surface area contributed by atoms with Crippen LogP contribution in [-0.2, 0) is 5.41 Å². The number of rotatable bonds is 3. The Balaban J connectivity index is 3.39. The van der Waals surface area contributed by atoms with Crippen LogP contribution in [0.4, 0.5) is 11.6 Å². The van der Waals surface area contributed by atoms with Crippen LogP contribution in [-0.4, -0.2) is 23.6 Å². The molecule has 0 aliphatic carbocycles. The second-order valence-electron chi connectivity index (χ2n) is 5.25. The zero-order valence-corrected chi connectivity index (χ0v) is 11.6. The van der Waals surface area contributed by atoms with Crippen LogP contribution < -0.4 is 16.2 Å². The van der Waals surface area contributed by atoms with Gasteiger partial charge in [-0.2, -0.15) is 0 Å². The number of hydrogen-bond acceptors (Lipinski definition) is 5. The van der Waals surface area contributed by atoms with E-state index in [-0.39, 0.29) is 5.41 Å². The van der Waals surface area contributed by atoms with Gasteiger partial charge in [0, 0.05) is 24.6 Å². The standard InChI is InChI=1S/C12H23N5/c1-7-17(6)10-8(2)9(16-13)14-11(15-10)12(3,4)5/h7,13H2,1-6H3,(H,14,15,16). The Bertz CT molecular complexity index is 395. The smallest absolute Gasteiger partial charge is 0.148 e. The molecule has 0 aliphatic rings. The van der Waals surface area contributed by atoms with Gasteiger partial charge in [0.25, 0.3) is 0 Å². The fourth-order valence-corrected chi connectivity index (χ4v) is 1.50. The van der Waals surface area contributed by atoms with Crippen LogP contribution in [0.2, 0.25) is 0 Å². The van der Waals surface area contributed by atoms with E-state index in [0.717, 1.165) is 23.8 Å². The summed E-state index contributed by atoms with van der Waals surface area (Å²) in [5.74, 6) is 7.94. The second-order valence-corrected chi connectivity index (χ2v) is 5.25. The largest absolute Gasteiger partial charge is 0.360 e.